The molecule has 1 aromatic heterocycles. The Morgan fingerprint density at radius 3 is 2.62 bits per heavy atom. The highest BCUT2D eigenvalue weighted by Gasteiger charge is 2.20. The second kappa shape index (κ2) is 3.31. The summed E-state index contributed by atoms with van der Waals surface area (Å²) in [6, 6.07) is 0.872. The molecule has 1 rings (SSSR count). The predicted molar refractivity (Wildman–Crippen MR) is 43.3 cm³/mol. The first-order chi connectivity index (χ1) is 6.06. The van der Waals surface area contributed by atoms with Crippen molar-refractivity contribution >= 4 is 28.6 Å². The molecule has 0 fully saturated rings. The average Bonchev–Trinajstić information content (AvgIpc) is 2.47. The van der Waals surface area contributed by atoms with Gasteiger partial charge >= 0.3 is 11.0 Å². The maximum absolute atomic E-state index is 10.4. The van der Waals surface area contributed by atoms with Crippen molar-refractivity contribution in [3.05, 3.63) is 26.6 Å². The van der Waals surface area contributed by atoms with Crippen molar-refractivity contribution in [2.75, 3.05) is 0 Å². The van der Waals surface area contributed by atoms with E-state index in [0.717, 1.165) is 6.07 Å². The highest BCUT2D eigenvalue weighted by atomic mass is 32.1. The maximum Gasteiger partial charge on any atom is 0.337 e. The Balaban J connectivity index is 3.27. The summed E-state index contributed by atoms with van der Waals surface area (Å²) in [5, 5.41) is 18.4. The molecule has 1 aromatic rings. The summed E-state index contributed by atoms with van der Waals surface area (Å²) in [6.45, 7) is 0. The first-order valence-electron chi connectivity index (χ1n) is 3.03. The number of aldehydes is 1. The smallest absolute Gasteiger partial charge is 0.337 e. The van der Waals surface area contributed by atoms with E-state index in [4.69, 9.17) is 5.11 Å². The summed E-state index contributed by atoms with van der Waals surface area (Å²) >= 11 is 0.548. The van der Waals surface area contributed by atoms with Crippen LogP contribution in [0.2, 0.25) is 0 Å². The fraction of sp³-hybridized carbons (Fsp3) is 0. The second-order valence-corrected chi connectivity index (χ2v) is 3.10. The molecule has 0 radical (unpaired) electrons. The number of aromatic carboxylic acids is 1. The Morgan fingerprint density at radius 1 is 1.69 bits per heavy atom. The number of rotatable bonds is 3. The van der Waals surface area contributed by atoms with Gasteiger partial charge in [-0.15, -0.1) is 0 Å². The van der Waals surface area contributed by atoms with Gasteiger partial charge in [0.15, 0.2) is 6.29 Å². The van der Waals surface area contributed by atoms with Crippen molar-refractivity contribution in [2.45, 2.75) is 0 Å². The van der Waals surface area contributed by atoms with Gasteiger partial charge in [-0.05, 0) is 0 Å². The Kier molecular flexibility index (Phi) is 2.38. The van der Waals surface area contributed by atoms with Crippen LogP contribution in [0.5, 0.6) is 0 Å². The van der Waals surface area contributed by atoms with E-state index >= 15 is 0 Å². The van der Waals surface area contributed by atoms with Gasteiger partial charge in [-0.25, -0.2) is 4.79 Å². The number of carbonyl (C=O) groups excluding carboxylic acids is 1. The van der Waals surface area contributed by atoms with Gasteiger partial charge in [0, 0.05) is 6.07 Å². The van der Waals surface area contributed by atoms with Crippen LogP contribution < -0.4 is 0 Å². The molecule has 0 bridgehead atoms. The molecule has 1 heterocycles. The lowest BCUT2D eigenvalue weighted by molar-refractivity contribution is -0.380. The van der Waals surface area contributed by atoms with Crippen LogP contribution in [-0.4, -0.2) is 22.3 Å². The lowest BCUT2D eigenvalue weighted by Gasteiger charge is -1.84. The Morgan fingerprint density at radius 2 is 2.31 bits per heavy atom. The molecule has 0 saturated heterocycles. The highest BCUT2D eigenvalue weighted by molar-refractivity contribution is 7.17. The molecule has 0 unspecified atom stereocenters. The van der Waals surface area contributed by atoms with Crippen LogP contribution in [0, 0.1) is 10.1 Å². The predicted octanol–water partition coefficient (Wildman–Crippen LogP) is 1.17. The van der Waals surface area contributed by atoms with Crippen molar-refractivity contribution in [2.24, 2.45) is 0 Å². The van der Waals surface area contributed by atoms with Crippen LogP contribution in [0.3, 0.4) is 0 Å². The van der Waals surface area contributed by atoms with Crippen molar-refractivity contribution in [1.29, 1.82) is 0 Å². The molecule has 0 amide bonds. The van der Waals surface area contributed by atoms with E-state index in [1.165, 1.54) is 0 Å². The van der Waals surface area contributed by atoms with Crippen LogP contribution in [0.4, 0.5) is 5.00 Å². The molecule has 6 nitrogen and oxygen atoms in total. The van der Waals surface area contributed by atoms with Gasteiger partial charge in [-0.1, -0.05) is 11.3 Å². The fourth-order valence-electron chi connectivity index (χ4n) is 0.736. The van der Waals surface area contributed by atoms with E-state index in [1.54, 1.807) is 0 Å². The zero-order valence-corrected chi connectivity index (χ0v) is 6.91. The van der Waals surface area contributed by atoms with Gasteiger partial charge in [0.1, 0.15) is 0 Å². The van der Waals surface area contributed by atoms with E-state index in [1.807, 2.05) is 0 Å². The topological polar surface area (TPSA) is 97.5 Å². The third-order valence-electron chi connectivity index (χ3n) is 1.27. The minimum Gasteiger partial charge on any atom is -0.478 e. The lowest BCUT2D eigenvalue weighted by atomic mass is 10.3. The van der Waals surface area contributed by atoms with Crippen molar-refractivity contribution in [1.82, 2.24) is 0 Å². The lowest BCUT2D eigenvalue weighted by Crippen LogP contribution is -1.96. The SMILES string of the molecule is O=Cc1sc([N+](=O)[O-])cc1C(=O)O. The standard InChI is InChI=1S/C6H3NO5S/c8-2-4-3(6(9)10)1-5(13-4)7(11)12/h1-2H,(H,9,10). The van der Waals surface area contributed by atoms with Crippen molar-refractivity contribution < 1.29 is 19.6 Å². The quantitative estimate of drug-likeness (QED) is 0.449. The Bertz CT molecular complexity index is 382. The van der Waals surface area contributed by atoms with Gasteiger partial charge in [0.25, 0.3) is 0 Å². The van der Waals surface area contributed by atoms with Gasteiger partial charge in [-0.2, -0.15) is 0 Å². The van der Waals surface area contributed by atoms with Crippen molar-refractivity contribution in [3.8, 4) is 0 Å². The number of carboxylic acids is 1. The van der Waals surface area contributed by atoms with Crippen LogP contribution >= 0.6 is 11.3 Å². The molecule has 0 atom stereocenters. The van der Waals surface area contributed by atoms with Crippen LogP contribution in [0.1, 0.15) is 20.0 Å². The summed E-state index contributed by atoms with van der Waals surface area (Å²) < 4.78 is 0. The third-order valence-corrected chi connectivity index (χ3v) is 2.28. The van der Waals surface area contributed by atoms with E-state index in [2.05, 4.69) is 0 Å². The molecule has 0 saturated carbocycles. The van der Waals surface area contributed by atoms with Gasteiger partial charge in [0.05, 0.1) is 15.4 Å². The summed E-state index contributed by atoms with van der Waals surface area (Å²) in [7, 11) is 0. The van der Waals surface area contributed by atoms with Gasteiger partial charge in [-0.3, -0.25) is 14.9 Å². The number of thiophene rings is 1. The van der Waals surface area contributed by atoms with Crippen LogP contribution in [0.15, 0.2) is 6.07 Å². The highest BCUT2D eigenvalue weighted by Crippen LogP contribution is 2.27. The van der Waals surface area contributed by atoms with E-state index in [-0.39, 0.29) is 15.4 Å². The molecule has 0 aliphatic carbocycles. The number of hydrogen-bond acceptors (Lipinski definition) is 5. The minimum absolute atomic E-state index is 0.140. The fourth-order valence-corrected chi connectivity index (χ4v) is 1.52. The zero-order chi connectivity index (χ0) is 10.0. The molecule has 68 valence electrons. The maximum atomic E-state index is 10.4. The molecule has 13 heavy (non-hydrogen) atoms. The molecular formula is C6H3NO5S. The van der Waals surface area contributed by atoms with Gasteiger partial charge in [0.2, 0.25) is 0 Å². The largest absolute Gasteiger partial charge is 0.478 e. The summed E-state index contributed by atoms with van der Waals surface area (Å²) in [6.07, 6.45) is 0.293. The Hall–Kier alpha value is -1.76. The van der Waals surface area contributed by atoms with Crippen LogP contribution in [0.25, 0.3) is 0 Å². The van der Waals surface area contributed by atoms with Crippen molar-refractivity contribution in [3.63, 3.8) is 0 Å². The molecule has 0 aliphatic heterocycles. The van der Waals surface area contributed by atoms with E-state index < -0.39 is 10.9 Å². The van der Waals surface area contributed by atoms with Crippen LogP contribution in [-0.2, 0) is 0 Å². The minimum atomic E-state index is -1.34. The Labute approximate surface area is 75.6 Å². The number of hydrogen-bond donors (Lipinski definition) is 1. The zero-order valence-electron chi connectivity index (χ0n) is 6.09. The number of nitro groups is 1. The second-order valence-electron chi connectivity index (χ2n) is 2.04. The average molecular weight is 201 g/mol. The monoisotopic (exact) mass is 201 g/mol. The molecule has 7 heteroatoms. The first-order valence-corrected chi connectivity index (χ1v) is 3.84. The molecule has 0 spiro atoms. The number of nitrogens with zero attached hydrogens (tertiary/aromatic N) is 1. The normalized spacial score (nSPS) is 9.54. The third kappa shape index (κ3) is 1.70. The number of carboxylic acid groups (broad SMARTS) is 1. The molecule has 1 N–H and O–H groups in total. The summed E-state index contributed by atoms with van der Waals surface area (Å²) in [5.74, 6) is -1.34. The first kappa shape index (κ1) is 9.33. The van der Waals surface area contributed by atoms with Gasteiger partial charge < -0.3 is 5.11 Å². The molecule has 0 aliphatic rings. The molecule has 0 aromatic carbocycles. The molecular weight excluding hydrogens is 198 g/mol. The van der Waals surface area contributed by atoms with E-state index in [0.29, 0.717) is 17.6 Å². The number of carbonyl (C=O) groups is 2. The summed E-state index contributed by atoms with van der Waals surface area (Å²) in [4.78, 5) is 30.1. The summed E-state index contributed by atoms with van der Waals surface area (Å²) in [5.41, 5.74) is -0.327. The van der Waals surface area contributed by atoms with E-state index in [9.17, 15) is 19.7 Å².